The first-order chi connectivity index (χ1) is 15.8. The topological polar surface area (TPSA) is 79.5 Å². The van der Waals surface area contributed by atoms with Crippen LogP contribution < -0.4 is 20.7 Å². The highest BCUT2D eigenvalue weighted by atomic mass is 35.5. The molecule has 2 amide bonds. The van der Waals surface area contributed by atoms with Crippen LogP contribution in [0.3, 0.4) is 0 Å². The molecule has 8 heteroatoms. The van der Waals surface area contributed by atoms with Crippen LogP contribution in [-0.4, -0.2) is 23.0 Å². The van der Waals surface area contributed by atoms with Crippen LogP contribution in [0.25, 0.3) is 0 Å². The molecule has 1 unspecified atom stereocenters. The number of hydrogen-bond acceptors (Lipinski definition) is 4. The van der Waals surface area contributed by atoms with Crippen molar-refractivity contribution in [3.8, 4) is 5.75 Å². The monoisotopic (exact) mass is 481 g/mol. The minimum absolute atomic E-state index is 0.0595. The first-order valence-corrected chi connectivity index (χ1v) is 11.2. The number of thiocarbonyl (C=S) groups is 1. The number of anilines is 2. The second-order valence-corrected chi connectivity index (χ2v) is 8.16. The molecule has 0 aliphatic heterocycles. The first-order valence-electron chi connectivity index (χ1n) is 10.4. The summed E-state index contributed by atoms with van der Waals surface area (Å²) < 4.78 is 5.76. The van der Waals surface area contributed by atoms with Crippen molar-refractivity contribution in [1.29, 1.82) is 0 Å². The summed E-state index contributed by atoms with van der Waals surface area (Å²) in [6.07, 6.45) is 0.928. The van der Waals surface area contributed by atoms with Gasteiger partial charge in [-0.15, -0.1) is 0 Å². The van der Waals surface area contributed by atoms with E-state index in [1.165, 1.54) is 0 Å². The van der Waals surface area contributed by atoms with Gasteiger partial charge >= 0.3 is 0 Å². The Morgan fingerprint density at radius 2 is 1.52 bits per heavy atom. The summed E-state index contributed by atoms with van der Waals surface area (Å²) in [6, 6.07) is 20.6. The molecule has 3 N–H and O–H groups in total. The molecule has 0 aromatic heterocycles. The van der Waals surface area contributed by atoms with E-state index < -0.39 is 0 Å². The Morgan fingerprint density at radius 3 is 2.15 bits per heavy atom. The van der Waals surface area contributed by atoms with Crippen LogP contribution >= 0.6 is 23.8 Å². The van der Waals surface area contributed by atoms with Crippen LogP contribution in [0.15, 0.2) is 72.8 Å². The molecule has 0 fully saturated rings. The van der Waals surface area contributed by atoms with E-state index in [0.29, 0.717) is 33.3 Å². The van der Waals surface area contributed by atoms with E-state index in [4.69, 9.17) is 28.6 Å². The van der Waals surface area contributed by atoms with E-state index in [2.05, 4.69) is 16.0 Å². The number of nitrogens with one attached hydrogen (secondary N) is 3. The van der Waals surface area contributed by atoms with Gasteiger partial charge in [0.2, 0.25) is 0 Å². The van der Waals surface area contributed by atoms with Gasteiger partial charge in [0.25, 0.3) is 11.8 Å². The quantitative estimate of drug-likeness (QED) is 0.366. The smallest absolute Gasteiger partial charge is 0.257 e. The number of amides is 2. The molecule has 170 valence electrons. The van der Waals surface area contributed by atoms with Crippen molar-refractivity contribution in [3.05, 3.63) is 88.9 Å². The second kappa shape index (κ2) is 11.4. The average Bonchev–Trinajstić information content (AvgIpc) is 2.80. The maximum absolute atomic E-state index is 12.5. The minimum atomic E-state index is -0.340. The number of carbonyl (C=O) groups is 2. The first kappa shape index (κ1) is 24.2. The van der Waals surface area contributed by atoms with Gasteiger partial charge in [-0.2, -0.15) is 0 Å². The van der Waals surface area contributed by atoms with Crippen LogP contribution in [0.4, 0.5) is 11.4 Å². The number of rotatable bonds is 7. The van der Waals surface area contributed by atoms with Gasteiger partial charge in [0, 0.05) is 27.5 Å². The van der Waals surface area contributed by atoms with Gasteiger partial charge in [-0.25, -0.2) is 0 Å². The summed E-state index contributed by atoms with van der Waals surface area (Å²) in [5.41, 5.74) is 2.18. The zero-order chi connectivity index (χ0) is 23.8. The highest BCUT2D eigenvalue weighted by Gasteiger charge is 2.11. The summed E-state index contributed by atoms with van der Waals surface area (Å²) in [7, 11) is 0. The molecule has 0 heterocycles. The number of hydrogen-bond donors (Lipinski definition) is 3. The molecule has 0 radical (unpaired) electrons. The van der Waals surface area contributed by atoms with E-state index in [1.54, 1.807) is 66.7 Å². The van der Waals surface area contributed by atoms with Gasteiger partial charge in [0.1, 0.15) is 5.75 Å². The molecular weight excluding hydrogens is 458 g/mol. The molecule has 1 atom stereocenters. The van der Waals surface area contributed by atoms with Crippen molar-refractivity contribution in [3.63, 3.8) is 0 Å². The lowest BCUT2D eigenvalue weighted by Crippen LogP contribution is -2.34. The maximum atomic E-state index is 12.5. The summed E-state index contributed by atoms with van der Waals surface area (Å²) in [6.45, 7) is 4.00. The van der Waals surface area contributed by atoms with Gasteiger partial charge in [-0.3, -0.25) is 14.9 Å². The minimum Gasteiger partial charge on any atom is -0.491 e. The van der Waals surface area contributed by atoms with Gasteiger partial charge in [-0.1, -0.05) is 30.7 Å². The largest absolute Gasteiger partial charge is 0.491 e. The lowest BCUT2D eigenvalue weighted by molar-refractivity contribution is 0.0975. The van der Waals surface area contributed by atoms with Crippen LogP contribution in [0.2, 0.25) is 5.02 Å². The van der Waals surface area contributed by atoms with Crippen molar-refractivity contribution < 1.29 is 14.3 Å². The Bertz CT molecular complexity index is 1150. The summed E-state index contributed by atoms with van der Waals surface area (Å²) >= 11 is 11.2. The predicted molar refractivity (Wildman–Crippen MR) is 136 cm³/mol. The Morgan fingerprint density at radius 1 is 0.909 bits per heavy atom. The highest BCUT2D eigenvalue weighted by Crippen LogP contribution is 2.18. The molecule has 6 nitrogen and oxygen atoms in total. The second-order valence-electron chi connectivity index (χ2n) is 7.31. The van der Waals surface area contributed by atoms with Gasteiger partial charge in [-0.05, 0) is 86.2 Å². The lowest BCUT2D eigenvalue weighted by atomic mass is 10.2. The third-order valence-corrected chi connectivity index (χ3v) is 5.16. The van der Waals surface area contributed by atoms with Crippen LogP contribution in [0.1, 0.15) is 41.0 Å². The standard InChI is InChI=1S/C25H24ClN3O3S/c1-3-16(2)32-22-9-5-7-18(15-22)24(31)29-25(33)28-21-12-10-20(11-13-21)27-23(30)17-6-4-8-19(26)14-17/h4-16H,3H2,1-2H3,(H,27,30)(H2,28,29,31,33). The van der Waals surface area contributed by atoms with Crippen LogP contribution in [0.5, 0.6) is 5.75 Å². The maximum Gasteiger partial charge on any atom is 0.257 e. The third kappa shape index (κ3) is 7.30. The SMILES string of the molecule is CCC(C)Oc1cccc(C(=O)NC(=S)Nc2ccc(NC(=O)c3cccc(Cl)c3)cc2)c1. The fourth-order valence-corrected chi connectivity index (χ4v) is 3.23. The number of benzene rings is 3. The molecule has 0 bridgehead atoms. The molecule has 3 rings (SSSR count). The van der Waals surface area contributed by atoms with E-state index in [9.17, 15) is 9.59 Å². The Labute approximate surface area is 203 Å². The summed E-state index contributed by atoms with van der Waals surface area (Å²) in [5.74, 6) is 0.0272. The Kier molecular flexibility index (Phi) is 8.40. The number of carbonyl (C=O) groups excluding carboxylic acids is 2. The molecule has 0 aliphatic rings. The summed E-state index contributed by atoms with van der Waals surface area (Å²) in [5, 5.41) is 9.06. The Hall–Kier alpha value is -3.42. The zero-order valence-corrected chi connectivity index (χ0v) is 19.8. The molecule has 0 spiro atoms. The normalized spacial score (nSPS) is 11.2. The van der Waals surface area contributed by atoms with Crippen molar-refractivity contribution in [2.24, 2.45) is 0 Å². The van der Waals surface area contributed by atoms with Crippen molar-refractivity contribution in [2.75, 3.05) is 10.6 Å². The zero-order valence-electron chi connectivity index (χ0n) is 18.2. The van der Waals surface area contributed by atoms with Crippen molar-refractivity contribution >= 4 is 52.1 Å². The van der Waals surface area contributed by atoms with Crippen LogP contribution in [0, 0.1) is 0 Å². The van der Waals surface area contributed by atoms with Gasteiger partial charge in [0.15, 0.2) is 5.11 Å². The number of ether oxygens (including phenoxy) is 1. The molecule has 0 saturated carbocycles. The van der Waals surface area contributed by atoms with Gasteiger partial charge < -0.3 is 15.4 Å². The fourth-order valence-electron chi connectivity index (χ4n) is 2.83. The lowest BCUT2D eigenvalue weighted by Gasteiger charge is -2.14. The van der Waals surface area contributed by atoms with E-state index >= 15 is 0 Å². The molecule has 0 saturated heterocycles. The molecule has 33 heavy (non-hydrogen) atoms. The highest BCUT2D eigenvalue weighted by molar-refractivity contribution is 7.80. The molecular formula is C25H24ClN3O3S. The van der Waals surface area contributed by atoms with Crippen molar-refractivity contribution in [2.45, 2.75) is 26.4 Å². The Balaban J connectivity index is 1.55. The van der Waals surface area contributed by atoms with Gasteiger partial charge in [0.05, 0.1) is 6.10 Å². The number of halogens is 1. The van der Waals surface area contributed by atoms with E-state index in [-0.39, 0.29) is 23.0 Å². The third-order valence-electron chi connectivity index (χ3n) is 4.72. The molecule has 3 aromatic carbocycles. The fraction of sp³-hybridized carbons (Fsp3) is 0.160. The molecule has 0 aliphatic carbocycles. The van der Waals surface area contributed by atoms with Crippen molar-refractivity contribution in [1.82, 2.24) is 5.32 Å². The summed E-state index contributed by atoms with van der Waals surface area (Å²) in [4.78, 5) is 24.9. The van der Waals surface area contributed by atoms with Crippen LogP contribution in [-0.2, 0) is 0 Å². The predicted octanol–water partition coefficient (Wildman–Crippen LogP) is 5.90. The average molecular weight is 482 g/mol. The molecule has 3 aromatic rings. The van der Waals surface area contributed by atoms with E-state index in [0.717, 1.165) is 6.42 Å². The van der Waals surface area contributed by atoms with E-state index in [1.807, 2.05) is 19.9 Å².